The smallest absolute Gasteiger partial charge is 0.592 e. The molecule has 0 aliphatic heterocycles. The van der Waals surface area contributed by atoms with Gasteiger partial charge in [-0.05, 0) is 24.3 Å². The topological polar surface area (TPSA) is 277 Å². The van der Waals surface area contributed by atoms with E-state index in [-0.39, 0.29) is 128 Å². The number of fused-ring (bicyclic) bond motifs is 2. The van der Waals surface area contributed by atoms with Gasteiger partial charge in [0.15, 0.2) is 22.7 Å². The Morgan fingerprint density at radius 2 is 0.844 bits per heavy atom. The zero-order valence-corrected chi connectivity index (χ0v) is 25.0. The summed E-state index contributed by atoms with van der Waals surface area (Å²) in [7, 11) is 0. The van der Waals surface area contributed by atoms with Gasteiger partial charge >= 0.3 is 48.6 Å². The summed E-state index contributed by atoms with van der Waals surface area (Å²) in [4.78, 5) is 20.1. The zero-order chi connectivity index (χ0) is 32.0. The SMILES string of the molecule is Oc1ccc(-c2oc3cc(O)cc([OH2+])c3c(=[OH+])c2O)c(O)c1.Oc1ccc(-c2oc3cc(O)cc([OH2+])c3c(=[OH+])c2O)c(O)c1.[Ca+2]. The van der Waals surface area contributed by atoms with Crippen LogP contribution in [0.1, 0.15) is 0 Å². The number of phenolic OH excluding ortho intramolecular Hbond substituents is 6. The summed E-state index contributed by atoms with van der Waals surface area (Å²) < 4.78 is 10.8. The molecule has 0 saturated heterocycles. The standard InChI is InChI=1S/2C15H10O7.Ca/c2*16-6-1-2-8(9(18)3-6)15-14(21)13(20)12-10(19)4-7(17)5-11(12)22-15;/h2*1-5,16-19,21H;/q;;+2/p+4. The molecule has 6 aromatic rings. The summed E-state index contributed by atoms with van der Waals surface area (Å²) in [5, 5.41) is 92.7. The Hall–Kier alpha value is -5.44. The average molecular weight is 649 g/mol. The van der Waals surface area contributed by atoms with Crippen molar-refractivity contribution in [1.29, 1.82) is 0 Å². The van der Waals surface area contributed by atoms with Crippen molar-refractivity contribution >= 4 is 59.7 Å². The van der Waals surface area contributed by atoms with Gasteiger partial charge in [0.2, 0.25) is 10.8 Å². The van der Waals surface area contributed by atoms with Gasteiger partial charge in [-0.2, -0.15) is 0 Å². The second-order valence-corrected chi connectivity index (χ2v) is 9.39. The number of hydrogen-bond donors (Lipinski definition) is 8. The van der Waals surface area contributed by atoms with Gasteiger partial charge < -0.3 is 59.9 Å². The molecule has 0 spiro atoms. The van der Waals surface area contributed by atoms with Gasteiger partial charge in [-0.1, -0.05) is 0 Å². The molecule has 0 atom stereocenters. The molecule has 0 fully saturated rings. The zero-order valence-electron chi connectivity index (χ0n) is 22.8. The fourth-order valence-corrected chi connectivity index (χ4v) is 4.41. The Kier molecular flexibility index (Phi) is 8.86. The van der Waals surface area contributed by atoms with Gasteiger partial charge in [0.05, 0.1) is 23.3 Å². The van der Waals surface area contributed by atoms with Crippen molar-refractivity contribution in [1.82, 2.24) is 0 Å². The van der Waals surface area contributed by atoms with Crippen molar-refractivity contribution in [2.75, 3.05) is 0 Å². The van der Waals surface area contributed by atoms with E-state index in [1.165, 1.54) is 36.4 Å². The third-order valence-electron chi connectivity index (χ3n) is 6.40. The summed E-state index contributed by atoms with van der Waals surface area (Å²) >= 11 is 0. The predicted molar refractivity (Wildman–Crippen MR) is 159 cm³/mol. The first-order valence-electron chi connectivity index (χ1n) is 12.3. The molecule has 4 aromatic carbocycles. The number of aromatic hydroxyl groups is 8. The van der Waals surface area contributed by atoms with E-state index in [4.69, 9.17) is 19.0 Å². The third kappa shape index (κ3) is 6.02. The van der Waals surface area contributed by atoms with Gasteiger partial charge in [-0.25, -0.2) is 0 Å². The number of phenols is 6. The van der Waals surface area contributed by atoms with Crippen LogP contribution in [0.25, 0.3) is 44.6 Å². The molecule has 0 aliphatic rings. The normalized spacial score (nSPS) is 10.7. The molecule has 0 aliphatic carbocycles. The molecule has 0 bridgehead atoms. The van der Waals surface area contributed by atoms with Crippen molar-refractivity contribution in [3.8, 4) is 80.1 Å². The van der Waals surface area contributed by atoms with Crippen molar-refractivity contribution in [2.45, 2.75) is 0 Å². The van der Waals surface area contributed by atoms with Crippen LogP contribution in [0.2, 0.25) is 0 Å². The van der Waals surface area contributed by atoms with Crippen LogP contribution in [-0.2, 0) is 0 Å². The Morgan fingerprint density at radius 1 is 0.489 bits per heavy atom. The number of rotatable bonds is 2. The maximum absolute atomic E-state index is 10.1. The van der Waals surface area contributed by atoms with E-state index in [9.17, 15) is 50.4 Å². The molecule has 224 valence electrons. The summed E-state index contributed by atoms with van der Waals surface area (Å²) in [6, 6.07) is 11.7. The van der Waals surface area contributed by atoms with E-state index < -0.39 is 22.4 Å². The Balaban J connectivity index is 0.000000200. The largest absolute Gasteiger partial charge is 2.00 e. The molecule has 0 radical (unpaired) electrons. The molecule has 6 rings (SSSR count). The molecule has 45 heavy (non-hydrogen) atoms. The van der Waals surface area contributed by atoms with E-state index in [1.54, 1.807) is 0 Å². The molecular formula is C30H24CaO14+6. The van der Waals surface area contributed by atoms with E-state index in [0.29, 0.717) is 0 Å². The minimum absolute atomic E-state index is 0. The van der Waals surface area contributed by atoms with Crippen LogP contribution in [0.4, 0.5) is 0 Å². The van der Waals surface area contributed by atoms with Crippen LogP contribution in [0.3, 0.4) is 0 Å². The first-order valence-corrected chi connectivity index (χ1v) is 12.3. The van der Waals surface area contributed by atoms with Gasteiger partial charge in [0.25, 0.3) is 23.0 Å². The molecule has 0 saturated carbocycles. The molecule has 2 heterocycles. The minimum atomic E-state index is -0.660. The molecule has 15 heteroatoms. The summed E-state index contributed by atoms with van der Waals surface area (Å²) in [5.74, 6) is -3.89. The van der Waals surface area contributed by atoms with Crippen molar-refractivity contribution in [3.05, 3.63) is 71.5 Å². The van der Waals surface area contributed by atoms with E-state index in [0.717, 1.165) is 24.3 Å². The molecular weight excluding hydrogens is 624 g/mol. The Labute approximate surface area is 279 Å². The van der Waals surface area contributed by atoms with Crippen LogP contribution in [-0.4, -0.2) is 98.4 Å². The number of benzene rings is 4. The van der Waals surface area contributed by atoms with Crippen LogP contribution >= 0.6 is 0 Å². The van der Waals surface area contributed by atoms with Gasteiger partial charge in [-0.15, -0.1) is 0 Å². The Morgan fingerprint density at radius 3 is 1.18 bits per heavy atom. The van der Waals surface area contributed by atoms with Gasteiger partial charge in [0.1, 0.15) is 34.5 Å². The maximum atomic E-state index is 10.1. The van der Waals surface area contributed by atoms with Crippen molar-refractivity contribution in [3.63, 3.8) is 0 Å². The maximum Gasteiger partial charge on any atom is 2.00 e. The second kappa shape index (κ2) is 12.3. The monoisotopic (exact) mass is 648 g/mol. The van der Waals surface area contributed by atoms with E-state index >= 15 is 0 Å². The van der Waals surface area contributed by atoms with Crippen molar-refractivity contribution < 1.29 is 69.5 Å². The van der Waals surface area contributed by atoms with Crippen LogP contribution in [0.15, 0.2) is 69.5 Å². The van der Waals surface area contributed by atoms with Crippen LogP contribution < -0.4 is 10.9 Å². The third-order valence-corrected chi connectivity index (χ3v) is 6.40. The molecule has 2 aromatic heterocycles. The van der Waals surface area contributed by atoms with Crippen molar-refractivity contribution in [2.24, 2.45) is 0 Å². The van der Waals surface area contributed by atoms with Gasteiger partial charge in [-0.3, -0.25) is 9.59 Å². The fourth-order valence-electron chi connectivity index (χ4n) is 4.41. The second-order valence-electron chi connectivity index (χ2n) is 9.39. The molecule has 14 N–H and O–H groups in total. The average Bonchev–Trinajstić information content (AvgIpc) is 2.93. The molecule has 14 nitrogen and oxygen atoms in total. The van der Waals surface area contributed by atoms with Crippen LogP contribution in [0.5, 0.6) is 57.5 Å². The summed E-state index contributed by atoms with van der Waals surface area (Å²) in [6.07, 6.45) is 0. The first kappa shape index (κ1) is 32.5. The quantitative estimate of drug-likeness (QED) is 0.100. The van der Waals surface area contributed by atoms with E-state index in [1.807, 2.05) is 0 Å². The van der Waals surface area contributed by atoms with Crippen LogP contribution in [0, 0.1) is 0 Å². The van der Waals surface area contributed by atoms with E-state index in [2.05, 4.69) is 0 Å². The predicted octanol–water partition coefficient (Wildman–Crippen LogP) is 2.35. The van der Waals surface area contributed by atoms with Gasteiger partial charge in [0, 0.05) is 24.3 Å². The molecule has 0 amide bonds. The summed E-state index contributed by atoms with van der Waals surface area (Å²) in [5.41, 5.74) is -1.22. The fraction of sp³-hybridized carbons (Fsp3) is 0. The molecule has 0 unspecified atom stereocenters. The minimum Gasteiger partial charge on any atom is -0.592 e. The first-order chi connectivity index (χ1) is 20.8. The Bertz CT molecular complexity index is 2080. The summed E-state index contributed by atoms with van der Waals surface area (Å²) in [6.45, 7) is 0. The number of hydrogen-bond acceptors (Lipinski definition) is 10.